The zero-order valence-electron chi connectivity index (χ0n) is 14.6. The third-order valence-corrected chi connectivity index (χ3v) is 4.60. The van der Waals surface area contributed by atoms with Gasteiger partial charge in [-0.05, 0) is 36.4 Å². The predicted octanol–water partition coefficient (Wildman–Crippen LogP) is 5.82. The van der Waals surface area contributed by atoms with Crippen LogP contribution in [-0.4, -0.2) is 10.8 Å². The number of hydrogen-bond acceptors (Lipinski definition) is 5. The molecule has 0 fully saturated rings. The van der Waals surface area contributed by atoms with E-state index in [2.05, 4.69) is 21.2 Å². The van der Waals surface area contributed by atoms with Gasteiger partial charge < -0.3 is 9.73 Å². The summed E-state index contributed by atoms with van der Waals surface area (Å²) in [5.41, 5.74) is 0.694. The van der Waals surface area contributed by atoms with Crippen molar-refractivity contribution in [1.29, 1.82) is 5.26 Å². The Balaban J connectivity index is 1.83. The molecule has 9 heteroatoms. The molecule has 144 valence electrons. The zero-order valence-corrected chi connectivity index (χ0v) is 16.9. The molecule has 1 amide bonds. The van der Waals surface area contributed by atoms with Crippen molar-refractivity contribution in [2.24, 2.45) is 0 Å². The monoisotopic (exact) mass is 471 g/mol. The van der Waals surface area contributed by atoms with Crippen molar-refractivity contribution in [3.05, 3.63) is 85.5 Å². The quantitative estimate of drug-likeness (QED) is 0.218. The van der Waals surface area contributed by atoms with Crippen LogP contribution in [0.25, 0.3) is 17.4 Å². The molecule has 0 atom stereocenters. The molecule has 0 radical (unpaired) electrons. The Morgan fingerprint density at radius 3 is 2.69 bits per heavy atom. The fourth-order valence-electron chi connectivity index (χ4n) is 2.45. The van der Waals surface area contributed by atoms with Crippen molar-refractivity contribution < 1.29 is 14.1 Å². The predicted molar refractivity (Wildman–Crippen MR) is 112 cm³/mol. The summed E-state index contributed by atoms with van der Waals surface area (Å²) in [5, 5.41) is 22.9. The molecule has 7 nitrogen and oxygen atoms in total. The highest BCUT2D eigenvalue weighted by Crippen LogP contribution is 2.32. The Kier molecular flexibility index (Phi) is 6.12. The summed E-state index contributed by atoms with van der Waals surface area (Å²) in [7, 11) is 0. The van der Waals surface area contributed by atoms with Gasteiger partial charge in [-0.1, -0.05) is 33.6 Å². The lowest BCUT2D eigenvalue weighted by atomic mass is 10.1. The molecular formula is C20H11BrClN3O4. The number of nitro groups is 1. The topological polar surface area (TPSA) is 109 Å². The zero-order chi connectivity index (χ0) is 21.0. The van der Waals surface area contributed by atoms with Crippen molar-refractivity contribution in [1.82, 2.24) is 0 Å². The van der Waals surface area contributed by atoms with Gasteiger partial charge in [0.05, 0.1) is 9.95 Å². The number of non-ortho nitro benzene ring substituents is 1. The number of nitrogens with zero attached hydrogens (tertiary/aromatic N) is 2. The van der Waals surface area contributed by atoms with Crippen LogP contribution >= 0.6 is 27.5 Å². The number of carbonyl (C=O) groups is 1. The van der Waals surface area contributed by atoms with Crippen LogP contribution in [0, 0.1) is 21.4 Å². The van der Waals surface area contributed by atoms with E-state index in [0.717, 1.165) is 4.47 Å². The number of halogens is 2. The van der Waals surface area contributed by atoms with Crippen molar-refractivity contribution in [2.75, 3.05) is 5.32 Å². The van der Waals surface area contributed by atoms with Crippen LogP contribution < -0.4 is 5.32 Å². The summed E-state index contributed by atoms with van der Waals surface area (Å²) in [5.74, 6) is 0.0214. The van der Waals surface area contributed by atoms with Gasteiger partial charge in [0.15, 0.2) is 0 Å². The van der Waals surface area contributed by atoms with Gasteiger partial charge in [-0.25, -0.2) is 0 Å². The first kappa shape index (κ1) is 20.3. The van der Waals surface area contributed by atoms with Gasteiger partial charge in [0.2, 0.25) is 0 Å². The van der Waals surface area contributed by atoms with Gasteiger partial charge in [0.25, 0.3) is 11.6 Å². The lowest BCUT2D eigenvalue weighted by Crippen LogP contribution is -2.13. The minimum absolute atomic E-state index is 0.138. The molecule has 1 heterocycles. The van der Waals surface area contributed by atoms with Crippen molar-refractivity contribution in [3.8, 4) is 17.4 Å². The van der Waals surface area contributed by atoms with Gasteiger partial charge in [-0.3, -0.25) is 14.9 Å². The Hall–Kier alpha value is -3.41. The van der Waals surface area contributed by atoms with Gasteiger partial charge in [-0.15, -0.1) is 0 Å². The SMILES string of the molecule is N#CC(=Cc1ccc(-c2ccc([N+](=O)[O-])cc2Cl)o1)C(=O)Nc1cccc(Br)c1. The Bertz CT molecular complexity index is 1180. The highest BCUT2D eigenvalue weighted by molar-refractivity contribution is 9.10. The van der Waals surface area contributed by atoms with E-state index in [9.17, 15) is 20.2 Å². The Morgan fingerprint density at radius 1 is 1.24 bits per heavy atom. The van der Waals surface area contributed by atoms with Crippen LogP contribution in [0.15, 0.2) is 69.1 Å². The smallest absolute Gasteiger partial charge is 0.270 e. The first-order valence-electron chi connectivity index (χ1n) is 8.10. The van der Waals surface area contributed by atoms with E-state index >= 15 is 0 Å². The van der Waals surface area contributed by atoms with Crippen molar-refractivity contribution in [3.63, 3.8) is 0 Å². The fourth-order valence-corrected chi connectivity index (χ4v) is 3.12. The molecule has 0 aliphatic heterocycles. The van der Waals surface area contributed by atoms with Crippen LogP contribution in [0.4, 0.5) is 11.4 Å². The molecule has 1 aromatic heterocycles. The van der Waals surface area contributed by atoms with E-state index in [0.29, 0.717) is 17.0 Å². The number of nitro benzene ring substituents is 1. The summed E-state index contributed by atoms with van der Waals surface area (Å²) in [6.07, 6.45) is 1.30. The Labute approximate surface area is 178 Å². The first-order valence-corrected chi connectivity index (χ1v) is 9.27. The number of furan rings is 1. The van der Waals surface area contributed by atoms with E-state index in [1.165, 1.54) is 24.3 Å². The second-order valence-corrected chi connectivity index (χ2v) is 7.08. The van der Waals surface area contributed by atoms with Gasteiger partial charge in [0.1, 0.15) is 23.2 Å². The number of nitriles is 1. The van der Waals surface area contributed by atoms with E-state index in [1.54, 1.807) is 30.3 Å². The molecule has 0 unspecified atom stereocenters. The second kappa shape index (κ2) is 8.73. The Morgan fingerprint density at radius 2 is 2.03 bits per heavy atom. The van der Waals surface area contributed by atoms with E-state index < -0.39 is 10.8 Å². The van der Waals surface area contributed by atoms with Crippen LogP contribution in [0.1, 0.15) is 5.76 Å². The minimum atomic E-state index is -0.586. The number of benzene rings is 2. The molecule has 3 rings (SSSR count). The summed E-state index contributed by atoms with van der Waals surface area (Å²) >= 11 is 9.41. The van der Waals surface area contributed by atoms with Crippen molar-refractivity contribution >= 4 is 50.9 Å². The van der Waals surface area contributed by atoms with Gasteiger partial charge in [0, 0.05) is 33.9 Å². The standard InChI is InChI=1S/C20H11BrClN3O4/c21-13-2-1-3-14(9-13)24-20(26)12(11-23)8-16-5-7-19(29-16)17-6-4-15(25(27)28)10-18(17)22/h1-10H,(H,24,26). The summed E-state index contributed by atoms with van der Waals surface area (Å²) in [6, 6.07) is 16.0. The summed E-state index contributed by atoms with van der Waals surface area (Å²) in [6.45, 7) is 0. The van der Waals surface area contributed by atoms with Crippen LogP contribution in [0.2, 0.25) is 5.02 Å². The number of amides is 1. The summed E-state index contributed by atoms with van der Waals surface area (Å²) < 4.78 is 6.42. The highest BCUT2D eigenvalue weighted by atomic mass is 79.9. The van der Waals surface area contributed by atoms with Crippen molar-refractivity contribution in [2.45, 2.75) is 0 Å². The van der Waals surface area contributed by atoms with Gasteiger partial charge >= 0.3 is 0 Å². The molecule has 0 bridgehead atoms. The molecule has 0 aliphatic carbocycles. The van der Waals surface area contributed by atoms with E-state index in [1.807, 2.05) is 12.1 Å². The second-order valence-electron chi connectivity index (χ2n) is 5.76. The molecule has 0 spiro atoms. The summed E-state index contributed by atoms with van der Waals surface area (Å²) in [4.78, 5) is 22.6. The number of anilines is 1. The van der Waals surface area contributed by atoms with E-state index in [4.69, 9.17) is 16.0 Å². The lowest BCUT2D eigenvalue weighted by molar-refractivity contribution is -0.384. The van der Waals surface area contributed by atoms with Crippen LogP contribution in [-0.2, 0) is 4.79 Å². The number of rotatable bonds is 5. The van der Waals surface area contributed by atoms with Crippen LogP contribution in [0.5, 0.6) is 0 Å². The molecule has 0 saturated heterocycles. The van der Waals surface area contributed by atoms with Gasteiger partial charge in [-0.2, -0.15) is 5.26 Å². The average Bonchev–Trinajstić information content (AvgIpc) is 3.14. The third-order valence-electron chi connectivity index (χ3n) is 3.79. The molecule has 2 aromatic carbocycles. The third kappa shape index (κ3) is 4.90. The molecular weight excluding hydrogens is 462 g/mol. The molecule has 0 saturated carbocycles. The average molecular weight is 473 g/mol. The highest BCUT2D eigenvalue weighted by Gasteiger charge is 2.15. The molecule has 3 aromatic rings. The maximum absolute atomic E-state index is 12.3. The fraction of sp³-hybridized carbons (Fsp3) is 0. The number of hydrogen-bond donors (Lipinski definition) is 1. The molecule has 0 aliphatic rings. The number of nitrogens with one attached hydrogen (secondary N) is 1. The van der Waals surface area contributed by atoms with Crippen LogP contribution in [0.3, 0.4) is 0 Å². The first-order chi connectivity index (χ1) is 13.9. The number of carbonyl (C=O) groups excluding carboxylic acids is 1. The maximum atomic E-state index is 12.3. The normalized spacial score (nSPS) is 11.0. The lowest BCUT2D eigenvalue weighted by Gasteiger charge is -2.04. The molecule has 1 N–H and O–H groups in total. The minimum Gasteiger partial charge on any atom is -0.457 e. The maximum Gasteiger partial charge on any atom is 0.270 e. The largest absolute Gasteiger partial charge is 0.457 e. The molecule has 29 heavy (non-hydrogen) atoms. The van der Waals surface area contributed by atoms with E-state index in [-0.39, 0.29) is 22.0 Å².